The Labute approximate surface area is 80.1 Å². The minimum Gasteiger partial charge on any atom is -0.307 e. The highest BCUT2D eigenvalue weighted by molar-refractivity contribution is 7.98. The first-order valence-corrected chi connectivity index (χ1v) is 6.25. The van der Waals surface area contributed by atoms with Crippen molar-refractivity contribution in [3.8, 4) is 0 Å². The molecule has 1 N–H and O–H groups in total. The molecule has 0 atom stereocenters. The zero-order valence-corrected chi connectivity index (χ0v) is 8.83. The molecule has 1 heterocycles. The van der Waals surface area contributed by atoms with Gasteiger partial charge in [-0.1, -0.05) is 6.42 Å². The SMILES string of the molecule is CSCNCCN1CCCCC1. The van der Waals surface area contributed by atoms with Crippen LogP contribution in [0.5, 0.6) is 0 Å². The molecule has 0 aromatic heterocycles. The molecule has 0 saturated carbocycles. The number of piperidine rings is 1. The van der Waals surface area contributed by atoms with Gasteiger partial charge in [-0.15, -0.1) is 11.8 Å². The molecular formula is C9H20N2S. The Balaban J connectivity index is 1.91. The number of rotatable bonds is 5. The molecule has 1 aliphatic rings. The van der Waals surface area contributed by atoms with Gasteiger partial charge < -0.3 is 10.2 Å². The van der Waals surface area contributed by atoms with E-state index in [0.717, 1.165) is 12.4 Å². The highest BCUT2D eigenvalue weighted by Crippen LogP contribution is 2.07. The van der Waals surface area contributed by atoms with Crippen molar-refractivity contribution in [2.45, 2.75) is 19.3 Å². The van der Waals surface area contributed by atoms with Crippen molar-refractivity contribution in [1.29, 1.82) is 0 Å². The summed E-state index contributed by atoms with van der Waals surface area (Å²) in [5.74, 6) is 1.09. The van der Waals surface area contributed by atoms with Crippen LogP contribution >= 0.6 is 11.8 Å². The average Bonchev–Trinajstić information content (AvgIpc) is 2.14. The Morgan fingerprint density at radius 2 is 2.00 bits per heavy atom. The first-order valence-electron chi connectivity index (χ1n) is 4.85. The third-order valence-corrected chi connectivity index (χ3v) is 2.79. The van der Waals surface area contributed by atoms with Crippen LogP contribution in [0.15, 0.2) is 0 Å². The molecule has 1 saturated heterocycles. The van der Waals surface area contributed by atoms with Crippen molar-refractivity contribution in [3.63, 3.8) is 0 Å². The van der Waals surface area contributed by atoms with E-state index in [-0.39, 0.29) is 0 Å². The van der Waals surface area contributed by atoms with Crippen molar-refractivity contribution in [1.82, 2.24) is 10.2 Å². The predicted molar refractivity (Wildman–Crippen MR) is 56.7 cm³/mol. The van der Waals surface area contributed by atoms with E-state index in [1.807, 2.05) is 11.8 Å². The average molecular weight is 188 g/mol. The molecule has 0 aromatic carbocycles. The summed E-state index contributed by atoms with van der Waals surface area (Å²) in [6.07, 6.45) is 6.38. The summed E-state index contributed by atoms with van der Waals surface area (Å²) in [6.45, 7) is 5.03. The van der Waals surface area contributed by atoms with Gasteiger partial charge in [0.2, 0.25) is 0 Å². The summed E-state index contributed by atoms with van der Waals surface area (Å²) in [7, 11) is 0. The number of likely N-dealkylation sites (tertiary alicyclic amines) is 1. The molecule has 0 amide bonds. The van der Waals surface area contributed by atoms with Crippen LogP contribution in [0.3, 0.4) is 0 Å². The zero-order valence-electron chi connectivity index (χ0n) is 8.01. The van der Waals surface area contributed by atoms with Crippen molar-refractivity contribution in [2.75, 3.05) is 38.3 Å². The second-order valence-corrected chi connectivity index (χ2v) is 4.20. The van der Waals surface area contributed by atoms with Crippen molar-refractivity contribution in [3.05, 3.63) is 0 Å². The summed E-state index contributed by atoms with van der Waals surface area (Å²) in [4.78, 5) is 2.57. The smallest absolute Gasteiger partial charge is 0.0415 e. The molecule has 0 spiro atoms. The molecule has 3 heteroatoms. The van der Waals surface area contributed by atoms with Crippen LogP contribution in [0.2, 0.25) is 0 Å². The second-order valence-electron chi connectivity index (χ2n) is 3.34. The molecule has 1 rings (SSSR count). The van der Waals surface area contributed by atoms with Crippen LogP contribution in [-0.4, -0.2) is 43.2 Å². The monoisotopic (exact) mass is 188 g/mol. The number of nitrogens with one attached hydrogen (secondary N) is 1. The lowest BCUT2D eigenvalue weighted by molar-refractivity contribution is 0.230. The van der Waals surface area contributed by atoms with E-state index < -0.39 is 0 Å². The lowest BCUT2D eigenvalue weighted by Gasteiger charge is -2.26. The fourth-order valence-corrected chi connectivity index (χ4v) is 1.94. The van der Waals surface area contributed by atoms with Gasteiger partial charge in [-0.3, -0.25) is 0 Å². The van der Waals surface area contributed by atoms with Gasteiger partial charge in [0.25, 0.3) is 0 Å². The van der Waals surface area contributed by atoms with Gasteiger partial charge in [0.05, 0.1) is 0 Å². The molecule has 0 unspecified atom stereocenters. The maximum atomic E-state index is 3.40. The molecular weight excluding hydrogens is 168 g/mol. The van der Waals surface area contributed by atoms with E-state index in [4.69, 9.17) is 0 Å². The van der Waals surface area contributed by atoms with Crippen molar-refractivity contribution < 1.29 is 0 Å². The van der Waals surface area contributed by atoms with Gasteiger partial charge in [0.1, 0.15) is 0 Å². The maximum Gasteiger partial charge on any atom is 0.0415 e. The Hall–Kier alpha value is 0.270. The van der Waals surface area contributed by atoms with E-state index in [2.05, 4.69) is 16.5 Å². The van der Waals surface area contributed by atoms with Crippen molar-refractivity contribution >= 4 is 11.8 Å². The normalized spacial score (nSPS) is 19.8. The van der Waals surface area contributed by atoms with Crippen LogP contribution in [0.1, 0.15) is 19.3 Å². The van der Waals surface area contributed by atoms with Gasteiger partial charge in [-0.2, -0.15) is 0 Å². The van der Waals surface area contributed by atoms with Gasteiger partial charge in [0.15, 0.2) is 0 Å². The first-order chi connectivity index (χ1) is 5.93. The lowest BCUT2D eigenvalue weighted by Crippen LogP contribution is -2.35. The Bertz CT molecular complexity index is 103. The Kier molecular flexibility index (Phi) is 5.82. The van der Waals surface area contributed by atoms with Crippen LogP contribution in [-0.2, 0) is 0 Å². The highest BCUT2D eigenvalue weighted by Gasteiger charge is 2.08. The summed E-state index contributed by atoms with van der Waals surface area (Å²) < 4.78 is 0. The van der Waals surface area contributed by atoms with E-state index in [1.54, 1.807) is 0 Å². The summed E-state index contributed by atoms with van der Waals surface area (Å²) in [5, 5.41) is 3.40. The standard InChI is InChI=1S/C9H20N2S/c1-12-9-10-5-8-11-6-3-2-4-7-11/h10H,2-9H2,1H3. The molecule has 72 valence electrons. The molecule has 0 aromatic rings. The molecule has 2 nitrogen and oxygen atoms in total. The Morgan fingerprint density at radius 1 is 1.25 bits per heavy atom. The lowest BCUT2D eigenvalue weighted by atomic mass is 10.1. The quantitative estimate of drug-likeness (QED) is 0.518. The predicted octanol–water partition coefficient (Wildman–Crippen LogP) is 1.38. The van der Waals surface area contributed by atoms with Gasteiger partial charge >= 0.3 is 0 Å². The highest BCUT2D eigenvalue weighted by atomic mass is 32.2. The fourth-order valence-electron chi connectivity index (χ4n) is 1.59. The largest absolute Gasteiger partial charge is 0.307 e. The molecule has 0 radical (unpaired) electrons. The number of nitrogens with zero attached hydrogens (tertiary/aromatic N) is 1. The van der Waals surface area contributed by atoms with Crippen LogP contribution in [0.25, 0.3) is 0 Å². The molecule has 1 fully saturated rings. The minimum atomic E-state index is 1.09. The number of thioether (sulfide) groups is 1. The third-order valence-electron chi connectivity index (χ3n) is 2.30. The van der Waals surface area contributed by atoms with Crippen LogP contribution < -0.4 is 5.32 Å². The van der Waals surface area contributed by atoms with E-state index in [9.17, 15) is 0 Å². The number of hydrogen-bond acceptors (Lipinski definition) is 3. The van der Waals surface area contributed by atoms with E-state index >= 15 is 0 Å². The minimum absolute atomic E-state index is 1.09. The molecule has 12 heavy (non-hydrogen) atoms. The molecule has 0 bridgehead atoms. The van der Waals surface area contributed by atoms with Crippen LogP contribution in [0.4, 0.5) is 0 Å². The van der Waals surface area contributed by atoms with Crippen LogP contribution in [0, 0.1) is 0 Å². The van der Waals surface area contributed by atoms with Gasteiger partial charge in [-0.05, 0) is 32.2 Å². The number of hydrogen-bond donors (Lipinski definition) is 1. The topological polar surface area (TPSA) is 15.3 Å². The van der Waals surface area contributed by atoms with Gasteiger partial charge in [-0.25, -0.2) is 0 Å². The fraction of sp³-hybridized carbons (Fsp3) is 1.00. The molecule has 0 aliphatic carbocycles. The third kappa shape index (κ3) is 4.33. The first kappa shape index (κ1) is 10.4. The summed E-state index contributed by atoms with van der Waals surface area (Å²) >= 11 is 1.86. The van der Waals surface area contributed by atoms with Gasteiger partial charge in [0, 0.05) is 19.0 Å². The maximum absolute atomic E-state index is 3.40. The van der Waals surface area contributed by atoms with Crippen molar-refractivity contribution in [2.24, 2.45) is 0 Å². The molecule has 1 aliphatic heterocycles. The van der Waals surface area contributed by atoms with E-state index in [0.29, 0.717) is 0 Å². The zero-order chi connectivity index (χ0) is 8.65. The van der Waals surface area contributed by atoms with E-state index in [1.165, 1.54) is 38.9 Å². The second kappa shape index (κ2) is 6.75. The summed E-state index contributed by atoms with van der Waals surface area (Å²) in [6, 6.07) is 0. The summed E-state index contributed by atoms with van der Waals surface area (Å²) in [5.41, 5.74) is 0. The Morgan fingerprint density at radius 3 is 2.67 bits per heavy atom.